The summed E-state index contributed by atoms with van der Waals surface area (Å²) in [5.74, 6) is -0.290. The Morgan fingerprint density at radius 3 is 2.64 bits per heavy atom. The highest BCUT2D eigenvalue weighted by atomic mass is 16.5. The van der Waals surface area contributed by atoms with Crippen LogP contribution >= 0.6 is 0 Å². The fourth-order valence-electron chi connectivity index (χ4n) is 3.83. The second-order valence-electron chi connectivity index (χ2n) is 7.74. The van der Waals surface area contributed by atoms with Crippen molar-refractivity contribution in [2.75, 3.05) is 11.9 Å². The van der Waals surface area contributed by atoms with E-state index in [0.29, 0.717) is 29.8 Å². The minimum absolute atomic E-state index is 0.0742. The number of carboxylic acid groups (broad SMARTS) is 1. The number of nitrogens with one attached hydrogen (secondary N) is 1. The van der Waals surface area contributed by atoms with E-state index in [1.54, 1.807) is 12.4 Å². The quantitative estimate of drug-likeness (QED) is 0.337. The smallest absolute Gasteiger partial charge is 0.316 e. The molecule has 0 amide bonds. The second-order valence-corrected chi connectivity index (χ2v) is 7.74. The van der Waals surface area contributed by atoms with Crippen LogP contribution in [0, 0.1) is 6.92 Å². The molecule has 33 heavy (non-hydrogen) atoms. The van der Waals surface area contributed by atoms with Crippen LogP contribution in [0.4, 0.5) is 11.4 Å². The molecule has 4 aromatic rings. The van der Waals surface area contributed by atoms with Crippen molar-refractivity contribution in [3.8, 4) is 17.1 Å². The normalized spacial score (nSPS) is 12.0. The van der Waals surface area contributed by atoms with Gasteiger partial charge < -0.3 is 19.6 Å². The number of nitrogens with zero attached hydrogens (tertiary/aromatic N) is 3. The van der Waals surface area contributed by atoms with Crippen LogP contribution in [0.15, 0.2) is 53.2 Å². The topological polar surface area (TPSA) is 110 Å². The summed E-state index contributed by atoms with van der Waals surface area (Å²) in [7, 11) is 0. The molecule has 2 aromatic carbocycles. The van der Waals surface area contributed by atoms with E-state index in [-0.39, 0.29) is 12.3 Å². The lowest BCUT2D eigenvalue weighted by Crippen LogP contribution is -2.06. The van der Waals surface area contributed by atoms with Gasteiger partial charge in [0.15, 0.2) is 11.5 Å². The van der Waals surface area contributed by atoms with E-state index in [9.17, 15) is 9.90 Å². The highest BCUT2D eigenvalue weighted by molar-refractivity contribution is 5.87. The number of ether oxygens (including phenoxy) is 1. The third-order valence-electron chi connectivity index (χ3n) is 5.42. The van der Waals surface area contributed by atoms with Crippen LogP contribution in [0.25, 0.3) is 22.2 Å². The Labute approximate surface area is 191 Å². The fourth-order valence-corrected chi connectivity index (χ4v) is 3.83. The number of benzene rings is 2. The molecular weight excluding hydrogens is 420 g/mol. The van der Waals surface area contributed by atoms with E-state index in [0.717, 1.165) is 34.3 Å². The number of carboxylic acids is 1. The van der Waals surface area contributed by atoms with Crippen LogP contribution in [0.1, 0.15) is 44.1 Å². The van der Waals surface area contributed by atoms with Gasteiger partial charge in [0.05, 0.1) is 31.1 Å². The van der Waals surface area contributed by atoms with E-state index in [2.05, 4.69) is 20.3 Å². The van der Waals surface area contributed by atoms with Gasteiger partial charge in [-0.1, -0.05) is 25.1 Å². The lowest BCUT2D eigenvalue weighted by atomic mass is 9.90. The first-order chi connectivity index (χ1) is 16.0. The van der Waals surface area contributed by atoms with E-state index in [4.69, 9.17) is 9.15 Å². The molecule has 2 N–H and O–H groups in total. The molecule has 0 spiro atoms. The zero-order valence-electron chi connectivity index (χ0n) is 18.8. The Bertz CT molecular complexity index is 1270. The summed E-state index contributed by atoms with van der Waals surface area (Å²) in [6, 6.07) is 12.2. The van der Waals surface area contributed by atoms with Crippen molar-refractivity contribution in [2.45, 2.75) is 39.5 Å². The monoisotopic (exact) mass is 446 g/mol. The Morgan fingerprint density at radius 1 is 1.15 bits per heavy atom. The molecule has 0 saturated carbocycles. The standard InChI is InChI=1S/C25H26N4O4/c1-4-16(12-24(30)31)17-6-8-20(18-7-9-21-23(11-18)33-15(3)28-21)22(10-17)29-19-13-26-25(27-14-19)32-5-2/h6-11,13-14,16,29H,4-5,12H2,1-3H3,(H,30,31). The molecule has 1 unspecified atom stereocenters. The third-order valence-corrected chi connectivity index (χ3v) is 5.42. The van der Waals surface area contributed by atoms with Crippen molar-refractivity contribution in [2.24, 2.45) is 0 Å². The molecule has 0 bridgehead atoms. The van der Waals surface area contributed by atoms with Gasteiger partial charge in [-0.25, -0.2) is 15.0 Å². The van der Waals surface area contributed by atoms with E-state index >= 15 is 0 Å². The predicted octanol–water partition coefficient (Wildman–Crippen LogP) is 5.70. The van der Waals surface area contributed by atoms with Gasteiger partial charge in [-0.2, -0.15) is 0 Å². The summed E-state index contributed by atoms with van der Waals surface area (Å²) in [6.45, 7) is 6.18. The second kappa shape index (κ2) is 9.68. The van der Waals surface area contributed by atoms with Gasteiger partial charge in [0.1, 0.15) is 5.52 Å². The Morgan fingerprint density at radius 2 is 1.94 bits per heavy atom. The van der Waals surface area contributed by atoms with Gasteiger partial charge in [-0.05, 0) is 48.6 Å². The molecule has 170 valence electrons. The molecule has 0 aliphatic rings. The molecule has 0 saturated heterocycles. The molecule has 0 fully saturated rings. The number of rotatable bonds is 9. The lowest BCUT2D eigenvalue weighted by molar-refractivity contribution is -0.137. The summed E-state index contributed by atoms with van der Waals surface area (Å²) in [4.78, 5) is 24.2. The molecule has 8 heteroatoms. The summed E-state index contributed by atoms with van der Waals surface area (Å²) >= 11 is 0. The zero-order chi connectivity index (χ0) is 23.4. The van der Waals surface area contributed by atoms with Gasteiger partial charge >= 0.3 is 12.0 Å². The van der Waals surface area contributed by atoms with Crippen LogP contribution in [-0.4, -0.2) is 32.6 Å². The average molecular weight is 447 g/mol. The van der Waals surface area contributed by atoms with Crippen LogP contribution in [-0.2, 0) is 4.79 Å². The molecule has 4 rings (SSSR count). The van der Waals surface area contributed by atoms with Gasteiger partial charge in [0.2, 0.25) is 0 Å². The maximum atomic E-state index is 11.4. The van der Waals surface area contributed by atoms with Crippen LogP contribution < -0.4 is 10.1 Å². The minimum Gasteiger partial charge on any atom is -0.481 e. The highest BCUT2D eigenvalue weighted by Crippen LogP contribution is 2.36. The summed E-state index contributed by atoms with van der Waals surface area (Å²) < 4.78 is 11.0. The predicted molar refractivity (Wildman–Crippen MR) is 126 cm³/mol. The van der Waals surface area contributed by atoms with Crippen LogP contribution in [0.3, 0.4) is 0 Å². The minimum atomic E-state index is -0.813. The number of fused-ring (bicyclic) bond motifs is 1. The van der Waals surface area contributed by atoms with E-state index in [1.807, 2.05) is 57.2 Å². The molecule has 0 aliphatic heterocycles. The third kappa shape index (κ3) is 5.11. The number of oxazole rings is 1. The number of aryl methyl sites for hydroxylation is 1. The largest absolute Gasteiger partial charge is 0.481 e. The average Bonchev–Trinajstić information content (AvgIpc) is 3.18. The van der Waals surface area contributed by atoms with Gasteiger partial charge in [0, 0.05) is 18.2 Å². The number of hydrogen-bond acceptors (Lipinski definition) is 7. The fraction of sp³-hybridized carbons (Fsp3) is 0.280. The number of carbonyl (C=O) groups is 1. The molecule has 0 radical (unpaired) electrons. The number of aromatic nitrogens is 3. The summed E-state index contributed by atoms with van der Waals surface area (Å²) in [6.07, 6.45) is 4.11. The van der Waals surface area contributed by atoms with Crippen molar-refractivity contribution in [3.63, 3.8) is 0 Å². The van der Waals surface area contributed by atoms with Crippen molar-refractivity contribution < 1.29 is 19.1 Å². The first-order valence-electron chi connectivity index (χ1n) is 10.9. The first kappa shape index (κ1) is 22.3. The zero-order valence-corrected chi connectivity index (χ0v) is 18.8. The number of aliphatic carboxylic acids is 1. The molecule has 1 atom stereocenters. The Kier molecular flexibility index (Phi) is 6.53. The number of hydrogen-bond donors (Lipinski definition) is 2. The highest BCUT2D eigenvalue weighted by Gasteiger charge is 2.17. The molecular formula is C25H26N4O4. The van der Waals surface area contributed by atoms with Gasteiger partial charge in [-0.15, -0.1) is 0 Å². The maximum absolute atomic E-state index is 11.4. The summed E-state index contributed by atoms with van der Waals surface area (Å²) in [5, 5.41) is 12.7. The molecule has 2 aromatic heterocycles. The van der Waals surface area contributed by atoms with Crippen molar-refractivity contribution >= 4 is 28.4 Å². The lowest BCUT2D eigenvalue weighted by Gasteiger charge is -2.18. The maximum Gasteiger partial charge on any atom is 0.316 e. The van der Waals surface area contributed by atoms with Crippen LogP contribution in [0.2, 0.25) is 0 Å². The molecule has 0 aliphatic carbocycles. The van der Waals surface area contributed by atoms with Crippen LogP contribution in [0.5, 0.6) is 6.01 Å². The Hall–Kier alpha value is -3.94. The van der Waals surface area contributed by atoms with Gasteiger partial charge in [0.25, 0.3) is 0 Å². The van der Waals surface area contributed by atoms with Crippen molar-refractivity contribution in [1.82, 2.24) is 15.0 Å². The molecule has 2 heterocycles. The number of anilines is 2. The summed E-state index contributed by atoms with van der Waals surface area (Å²) in [5.41, 5.74) is 5.87. The Balaban J connectivity index is 1.76. The molecule has 8 nitrogen and oxygen atoms in total. The van der Waals surface area contributed by atoms with Crippen molar-refractivity contribution in [3.05, 3.63) is 60.2 Å². The SMILES string of the molecule is CCOc1ncc(Nc2cc(C(CC)CC(=O)O)ccc2-c2ccc3nc(C)oc3c2)cn1. The van der Waals surface area contributed by atoms with E-state index in [1.165, 1.54) is 0 Å². The van der Waals surface area contributed by atoms with Crippen molar-refractivity contribution in [1.29, 1.82) is 0 Å². The van der Waals surface area contributed by atoms with Gasteiger partial charge in [-0.3, -0.25) is 4.79 Å². The van der Waals surface area contributed by atoms with E-state index < -0.39 is 5.97 Å². The first-order valence-corrected chi connectivity index (χ1v) is 10.9.